The van der Waals surface area contributed by atoms with Crippen LogP contribution in [0.15, 0.2) is 42.9 Å². The summed E-state index contributed by atoms with van der Waals surface area (Å²) in [5, 5.41) is 18.3. The zero-order valence-corrected chi connectivity index (χ0v) is 22.0. The number of aromatic amines is 1. The number of carbonyl (C=O) groups is 3. The van der Waals surface area contributed by atoms with E-state index in [0.717, 1.165) is 5.56 Å². The third-order valence-electron chi connectivity index (χ3n) is 5.64. The average molecular weight is 500 g/mol. The van der Waals surface area contributed by atoms with Crippen molar-refractivity contribution in [3.8, 4) is 0 Å². The van der Waals surface area contributed by atoms with Gasteiger partial charge >= 0.3 is 0 Å². The SMILES string of the molecule is CC(C)C[C@@H](CO)NC(=O)[C@H](Cc1cnc[nH]1)C(=O)N[C@H](Cc1ccccc1)C(=O)NCC(C)(C)C. The van der Waals surface area contributed by atoms with Crippen molar-refractivity contribution in [2.75, 3.05) is 13.2 Å². The van der Waals surface area contributed by atoms with Gasteiger partial charge in [-0.25, -0.2) is 4.98 Å². The molecule has 0 unspecified atom stereocenters. The van der Waals surface area contributed by atoms with E-state index in [-0.39, 0.29) is 36.7 Å². The Labute approximate surface area is 213 Å². The van der Waals surface area contributed by atoms with Gasteiger partial charge < -0.3 is 26.0 Å². The number of aliphatic hydroxyl groups is 1. The van der Waals surface area contributed by atoms with E-state index in [4.69, 9.17) is 0 Å². The molecular formula is C27H41N5O4. The van der Waals surface area contributed by atoms with E-state index in [1.54, 1.807) is 6.20 Å². The molecule has 36 heavy (non-hydrogen) atoms. The molecule has 0 radical (unpaired) electrons. The van der Waals surface area contributed by atoms with E-state index in [9.17, 15) is 19.5 Å². The first-order valence-corrected chi connectivity index (χ1v) is 12.5. The Balaban J connectivity index is 2.24. The number of rotatable bonds is 13. The second kappa shape index (κ2) is 13.8. The molecule has 0 saturated heterocycles. The lowest BCUT2D eigenvalue weighted by molar-refractivity contribution is -0.138. The van der Waals surface area contributed by atoms with Crippen molar-refractivity contribution in [3.63, 3.8) is 0 Å². The first kappa shape index (κ1) is 29.0. The fourth-order valence-electron chi connectivity index (χ4n) is 3.78. The highest BCUT2D eigenvalue weighted by Gasteiger charge is 2.32. The number of nitrogens with one attached hydrogen (secondary N) is 4. The molecule has 0 bridgehead atoms. The summed E-state index contributed by atoms with van der Waals surface area (Å²) in [4.78, 5) is 46.7. The number of aliphatic hydroxyl groups excluding tert-OH is 1. The number of H-pyrrole nitrogens is 1. The monoisotopic (exact) mass is 499 g/mol. The molecule has 0 aliphatic heterocycles. The van der Waals surface area contributed by atoms with Gasteiger partial charge in [0.15, 0.2) is 0 Å². The summed E-state index contributed by atoms with van der Waals surface area (Å²) in [7, 11) is 0. The third-order valence-corrected chi connectivity index (χ3v) is 5.64. The van der Waals surface area contributed by atoms with Gasteiger partial charge in [0, 0.05) is 31.3 Å². The van der Waals surface area contributed by atoms with Crippen LogP contribution in [0.4, 0.5) is 0 Å². The molecule has 2 rings (SSSR count). The van der Waals surface area contributed by atoms with Crippen LogP contribution in [0.3, 0.4) is 0 Å². The molecule has 1 heterocycles. The molecule has 0 aliphatic rings. The van der Waals surface area contributed by atoms with Crippen molar-refractivity contribution in [2.45, 2.75) is 66.0 Å². The molecule has 1 aromatic carbocycles. The highest BCUT2D eigenvalue weighted by atomic mass is 16.3. The highest BCUT2D eigenvalue weighted by molar-refractivity contribution is 6.02. The van der Waals surface area contributed by atoms with Crippen LogP contribution in [0.25, 0.3) is 0 Å². The molecular weight excluding hydrogens is 458 g/mol. The molecule has 9 heteroatoms. The summed E-state index contributed by atoms with van der Waals surface area (Å²) >= 11 is 0. The van der Waals surface area contributed by atoms with Crippen LogP contribution in [-0.2, 0) is 27.2 Å². The van der Waals surface area contributed by atoms with E-state index >= 15 is 0 Å². The summed E-state index contributed by atoms with van der Waals surface area (Å²) in [5.41, 5.74) is 1.38. The molecule has 198 valence electrons. The van der Waals surface area contributed by atoms with Crippen molar-refractivity contribution < 1.29 is 19.5 Å². The Kier molecular flexibility index (Phi) is 11.1. The van der Waals surface area contributed by atoms with Gasteiger partial charge in [0.05, 0.1) is 19.0 Å². The number of amides is 3. The Morgan fingerprint density at radius 2 is 1.67 bits per heavy atom. The zero-order chi connectivity index (χ0) is 26.7. The van der Waals surface area contributed by atoms with E-state index in [2.05, 4.69) is 25.9 Å². The zero-order valence-electron chi connectivity index (χ0n) is 22.0. The summed E-state index contributed by atoms with van der Waals surface area (Å²) in [5.74, 6) is -2.23. The van der Waals surface area contributed by atoms with Crippen molar-refractivity contribution >= 4 is 17.7 Å². The minimum Gasteiger partial charge on any atom is -0.394 e. The second-order valence-electron chi connectivity index (χ2n) is 10.9. The van der Waals surface area contributed by atoms with Crippen LogP contribution in [0.5, 0.6) is 0 Å². The number of hydrogen-bond acceptors (Lipinski definition) is 5. The van der Waals surface area contributed by atoms with Crippen LogP contribution >= 0.6 is 0 Å². The fourth-order valence-corrected chi connectivity index (χ4v) is 3.78. The lowest BCUT2D eigenvalue weighted by Gasteiger charge is -2.26. The standard InChI is InChI=1S/C27H41N5O4/c1-18(2)11-21(15-33)31-24(34)22(13-20-14-28-17-30-20)25(35)32-23(12-19-9-7-6-8-10-19)26(36)29-16-27(3,4)5/h6-10,14,17-18,21-23,33H,11-13,15-16H2,1-5H3,(H,28,30)(H,29,36)(H,31,34)(H,32,35)/t21-,22-,23+/m0/s1. The predicted molar refractivity (Wildman–Crippen MR) is 139 cm³/mol. The topological polar surface area (TPSA) is 136 Å². The first-order chi connectivity index (χ1) is 17.0. The van der Waals surface area contributed by atoms with Crippen LogP contribution < -0.4 is 16.0 Å². The number of benzene rings is 1. The van der Waals surface area contributed by atoms with Crippen LogP contribution in [0, 0.1) is 17.3 Å². The maximum atomic E-state index is 13.5. The van der Waals surface area contributed by atoms with Gasteiger partial charge in [-0.1, -0.05) is 65.0 Å². The number of hydrogen-bond donors (Lipinski definition) is 5. The van der Waals surface area contributed by atoms with E-state index < -0.39 is 29.8 Å². The van der Waals surface area contributed by atoms with Gasteiger partial charge in [-0.3, -0.25) is 14.4 Å². The maximum absolute atomic E-state index is 13.5. The molecule has 9 nitrogen and oxygen atoms in total. The van der Waals surface area contributed by atoms with Crippen molar-refractivity contribution in [2.24, 2.45) is 17.3 Å². The minimum atomic E-state index is -1.11. The Bertz CT molecular complexity index is 954. The lowest BCUT2D eigenvalue weighted by Crippen LogP contribution is -2.54. The van der Waals surface area contributed by atoms with Gasteiger partial charge in [0.2, 0.25) is 17.7 Å². The largest absolute Gasteiger partial charge is 0.394 e. The smallest absolute Gasteiger partial charge is 0.242 e. The van der Waals surface area contributed by atoms with Crippen molar-refractivity contribution in [3.05, 3.63) is 54.1 Å². The van der Waals surface area contributed by atoms with Crippen molar-refractivity contribution in [1.82, 2.24) is 25.9 Å². The molecule has 3 atom stereocenters. The number of imidazole rings is 1. The summed E-state index contributed by atoms with van der Waals surface area (Å²) in [6, 6.07) is 8.09. The summed E-state index contributed by atoms with van der Waals surface area (Å²) < 4.78 is 0. The van der Waals surface area contributed by atoms with E-state index in [1.165, 1.54) is 6.33 Å². The normalized spacial score (nSPS) is 14.1. The molecule has 0 fully saturated rings. The Morgan fingerprint density at radius 3 is 2.22 bits per heavy atom. The summed E-state index contributed by atoms with van der Waals surface area (Å²) in [6.45, 7) is 10.2. The molecule has 0 spiro atoms. The van der Waals surface area contributed by atoms with E-state index in [0.29, 0.717) is 18.7 Å². The van der Waals surface area contributed by atoms with Crippen LogP contribution in [0.1, 0.15) is 52.3 Å². The van der Waals surface area contributed by atoms with Gasteiger partial charge in [-0.05, 0) is 23.3 Å². The summed E-state index contributed by atoms with van der Waals surface area (Å²) in [6.07, 6.45) is 3.98. The average Bonchev–Trinajstić information content (AvgIpc) is 3.33. The molecule has 0 aliphatic carbocycles. The number of nitrogens with zero attached hydrogens (tertiary/aromatic N) is 1. The van der Waals surface area contributed by atoms with Crippen LogP contribution in [-0.4, -0.2) is 58.0 Å². The molecule has 2 aromatic rings. The van der Waals surface area contributed by atoms with Crippen molar-refractivity contribution in [1.29, 1.82) is 0 Å². The van der Waals surface area contributed by atoms with E-state index in [1.807, 2.05) is 65.0 Å². The Hall–Kier alpha value is -3.20. The van der Waals surface area contributed by atoms with Crippen LogP contribution in [0.2, 0.25) is 0 Å². The maximum Gasteiger partial charge on any atom is 0.242 e. The number of carbonyl (C=O) groups excluding carboxylic acids is 3. The minimum absolute atomic E-state index is 0.0825. The number of aromatic nitrogens is 2. The quantitative estimate of drug-likeness (QED) is 0.269. The first-order valence-electron chi connectivity index (χ1n) is 12.5. The van der Waals surface area contributed by atoms with Gasteiger partial charge in [-0.15, -0.1) is 0 Å². The Morgan fingerprint density at radius 1 is 1.00 bits per heavy atom. The highest BCUT2D eigenvalue weighted by Crippen LogP contribution is 2.13. The molecule has 0 saturated carbocycles. The third kappa shape index (κ3) is 10.2. The predicted octanol–water partition coefficient (Wildman–Crippen LogP) is 1.98. The van der Waals surface area contributed by atoms with Gasteiger partial charge in [0.25, 0.3) is 0 Å². The molecule has 1 aromatic heterocycles. The molecule has 3 amide bonds. The van der Waals surface area contributed by atoms with Gasteiger partial charge in [-0.2, -0.15) is 0 Å². The second-order valence-corrected chi connectivity index (χ2v) is 10.9. The molecule has 5 N–H and O–H groups in total. The van der Waals surface area contributed by atoms with Gasteiger partial charge in [0.1, 0.15) is 12.0 Å². The lowest BCUT2D eigenvalue weighted by atomic mass is 9.96. The fraction of sp³-hybridized carbons (Fsp3) is 0.556.